The fraction of sp³-hybridized carbons (Fsp3) is 0.778. The van der Waals surface area contributed by atoms with Crippen molar-refractivity contribution in [3.05, 3.63) is 0 Å². The van der Waals surface area contributed by atoms with Crippen LogP contribution in [0.2, 0.25) is 0 Å². The van der Waals surface area contributed by atoms with E-state index in [-0.39, 0.29) is 13.2 Å². The molecule has 0 aromatic rings. The van der Waals surface area contributed by atoms with Gasteiger partial charge in [0.05, 0.1) is 13.2 Å². The number of carbonyl (C=O) groups excluding carboxylic acids is 2. The highest BCUT2D eigenvalue weighted by atomic mass is 16.6. The third-order valence-electron chi connectivity index (χ3n) is 1.37. The molecule has 4 heteroatoms. The van der Waals surface area contributed by atoms with Crippen molar-refractivity contribution < 1.29 is 19.1 Å². The van der Waals surface area contributed by atoms with Crippen LogP contribution in [0.15, 0.2) is 0 Å². The number of ether oxygens (including phenoxy) is 2. The second kappa shape index (κ2) is 6.46. The van der Waals surface area contributed by atoms with E-state index < -0.39 is 11.9 Å². The van der Waals surface area contributed by atoms with Crippen molar-refractivity contribution in [1.29, 1.82) is 0 Å². The second-order valence-electron chi connectivity index (χ2n) is 3.04. The quantitative estimate of drug-likeness (QED) is 0.490. The highest BCUT2D eigenvalue weighted by Gasteiger charge is 2.15. The highest BCUT2D eigenvalue weighted by Crippen LogP contribution is 1.99. The SMILES string of the molecule is CCOC(=O)C(=O)OCCC(C)C. The minimum absolute atomic E-state index is 0.193. The van der Waals surface area contributed by atoms with E-state index in [4.69, 9.17) is 0 Å². The Bertz CT molecular complexity index is 174. The van der Waals surface area contributed by atoms with Gasteiger partial charge in [-0.15, -0.1) is 0 Å². The Morgan fingerprint density at radius 2 is 1.69 bits per heavy atom. The van der Waals surface area contributed by atoms with E-state index in [1.165, 1.54) is 0 Å². The molecule has 0 unspecified atom stereocenters. The molecule has 13 heavy (non-hydrogen) atoms. The standard InChI is InChI=1S/C9H16O4/c1-4-12-8(10)9(11)13-6-5-7(2)3/h7H,4-6H2,1-3H3. The maximum atomic E-state index is 10.8. The van der Waals surface area contributed by atoms with Gasteiger partial charge in [0.2, 0.25) is 0 Å². The molecule has 0 atom stereocenters. The Hall–Kier alpha value is -1.06. The van der Waals surface area contributed by atoms with Gasteiger partial charge in [-0.2, -0.15) is 0 Å². The van der Waals surface area contributed by atoms with Crippen LogP contribution in [0.1, 0.15) is 27.2 Å². The second-order valence-corrected chi connectivity index (χ2v) is 3.04. The van der Waals surface area contributed by atoms with Crippen molar-refractivity contribution in [1.82, 2.24) is 0 Å². The Morgan fingerprint density at radius 1 is 1.15 bits per heavy atom. The number of hydrogen-bond acceptors (Lipinski definition) is 4. The molecule has 0 aromatic heterocycles. The summed E-state index contributed by atoms with van der Waals surface area (Å²) >= 11 is 0. The van der Waals surface area contributed by atoms with Gasteiger partial charge in [0.25, 0.3) is 0 Å². The van der Waals surface area contributed by atoms with Crippen molar-refractivity contribution in [3.63, 3.8) is 0 Å². The normalized spacial score (nSPS) is 9.85. The van der Waals surface area contributed by atoms with Crippen LogP contribution in [0.5, 0.6) is 0 Å². The van der Waals surface area contributed by atoms with Crippen molar-refractivity contribution in [2.75, 3.05) is 13.2 Å². The molecule has 0 aliphatic carbocycles. The first-order chi connectivity index (χ1) is 6.07. The molecule has 4 nitrogen and oxygen atoms in total. The van der Waals surface area contributed by atoms with Gasteiger partial charge in [-0.25, -0.2) is 9.59 Å². The minimum atomic E-state index is -0.911. The summed E-state index contributed by atoms with van der Waals surface area (Å²) in [5.74, 6) is -1.36. The maximum absolute atomic E-state index is 10.8. The Kier molecular flexibility index (Phi) is 5.93. The lowest BCUT2D eigenvalue weighted by Gasteiger charge is -2.05. The molecule has 0 aliphatic rings. The zero-order valence-corrected chi connectivity index (χ0v) is 8.33. The third kappa shape index (κ3) is 6.13. The van der Waals surface area contributed by atoms with Gasteiger partial charge in [0.1, 0.15) is 0 Å². The summed E-state index contributed by atoms with van der Waals surface area (Å²) in [5, 5.41) is 0. The summed E-state index contributed by atoms with van der Waals surface area (Å²) in [5.41, 5.74) is 0. The average Bonchev–Trinajstić information content (AvgIpc) is 2.04. The average molecular weight is 188 g/mol. The maximum Gasteiger partial charge on any atom is 0.417 e. The molecule has 0 radical (unpaired) electrons. The highest BCUT2D eigenvalue weighted by molar-refractivity contribution is 6.29. The molecular formula is C9H16O4. The van der Waals surface area contributed by atoms with Crippen LogP contribution in [0.3, 0.4) is 0 Å². The molecule has 0 fully saturated rings. The van der Waals surface area contributed by atoms with Crippen molar-refractivity contribution in [3.8, 4) is 0 Å². The van der Waals surface area contributed by atoms with Gasteiger partial charge in [0.15, 0.2) is 0 Å². The predicted molar refractivity (Wildman–Crippen MR) is 47.0 cm³/mol. The first kappa shape index (κ1) is 11.9. The summed E-state index contributed by atoms with van der Waals surface area (Å²) in [4.78, 5) is 21.5. The van der Waals surface area contributed by atoms with E-state index >= 15 is 0 Å². The van der Waals surface area contributed by atoms with Crippen LogP contribution >= 0.6 is 0 Å². The smallest absolute Gasteiger partial charge is 0.417 e. The summed E-state index contributed by atoms with van der Waals surface area (Å²) in [6, 6.07) is 0. The van der Waals surface area contributed by atoms with Crippen molar-refractivity contribution in [2.24, 2.45) is 5.92 Å². The Morgan fingerprint density at radius 3 is 2.15 bits per heavy atom. The molecule has 0 saturated heterocycles. The number of hydrogen-bond donors (Lipinski definition) is 0. The monoisotopic (exact) mass is 188 g/mol. The molecule has 0 bridgehead atoms. The lowest BCUT2D eigenvalue weighted by atomic mass is 10.1. The van der Waals surface area contributed by atoms with Gasteiger partial charge in [0, 0.05) is 0 Å². The molecule has 0 saturated carbocycles. The van der Waals surface area contributed by atoms with Crippen LogP contribution in [0, 0.1) is 5.92 Å². The van der Waals surface area contributed by atoms with Gasteiger partial charge in [-0.05, 0) is 19.3 Å². The number of carbonyl (C=O) groups is 2. The Labute approximate surface area is 78.2 Å². The van der Waals surface area contributed by atoms with Gasteiger partial charge >= 0.3 is 11.9 Å². The molecule has 0 N–H and O–H groups in total. The largest absolute Gasteiger partial charge is 0.458 e. The molecule has 0 aliphatic heterocycles. The molecule has 0 aromatic carbocycles. The van der Waals surface area contributed by atoms with E-state index in [2.05, 4.69) is 9.47 Å². The van der Waals surface area contributed by atoms with E-state index in [0.717, 1.165) is 6.42 Å². The van der Waals surface area contributed by atoms with Crippen LogP contribution in [0.4, 0.5) is 0 Å². The lowest BCUT2D eigenvalue weighted by molar-refractivity contribution is -0.167. The predicted octanol–water partition coefficient (Wildman–Crippen LogP) is 1.14. The first-order valence-electron chi connectivity index (χ1n) is 4.41. The lowest BCUT2D eigenvalue weighted by Crippen LogP contribution is -2.21. The molecular weight excluding hydrogens is 172 g/mol. The zero-order chi connectivity index (χ0) is 10.3. The fourth-order valence-electron chi connectivity index (χ4n) is 0.636. The summed E-state index contributed by atoms with van der Waals surface area (Å²) in [6.45, 7) is 6.13. The summed E-state index contributed by atoms with van der Waals surface area (Å²) < 4.78 is 9.10. The third-order valence-corrected chi connectivity index (χ3v) is 1.37. The fourth-order valence-corrected chi connectivity index (χ4v) is 0.636. The van der Waals surface area contributed by atoms with E-state index in [9.17, 15) is 9.59 Å². The van der Waals surface area contributed by atoms with Gasteiger partial charge in [-0.3, -0.25) is 0 Å². The van der Waals surface area contributed by atoms with Gasteiger partial charge in [-0.1, -0.05) is 13.8 Å². The molecule has 0 rings (SSSR count). The zero-order valence-electron chi connectivity index (χ0n) is 8.33. The van der Waals surface area contributed by atoms with Crippen molar-refractivity contribution in [2.45, 2.75) is 27.2 Å². The Balaban J connectivity index is 3.56. The van der Waals surface area contributed by atoms with E-state index in [1.807, 2.05) is 13.8 Å². The van der Waals surface area contributed by atoms with Crippen molar-refractivity contribution >= 4 is 11.9 Å². The van der Waals surface area contributed by atoms with Crippen LogP contribution in [0.25, 0.3) is 0 Å². The first-order valence-corrected chi connectivity index (χ1v) is 4.41. The molecule has 76 valence electrons. The summed E-state index contributed by atoms with van der Waals surface area (Å²) in [7, 11) is 0. The molecule has 0 amide bonds. The van der Waals surface area contributed by atoms with E-state index in [0.29, 0.717) is 5.92 Å². The van der Waals surface area contributed by atoms with Gasteiger partial charge < -0.3 is 9.47 Å². The van der Waals surface area contributed by atoms with Crippen LogP contribution in [-0.4, -0.2) is 25.2 Å². The van der Waals surface area contributed by atoms with E-state index in [1.54, 1.807) is 6.92 Å². The molecule has 0 spiro atoms. The number of rotatable bonds is 4. The van der Waals surface area contributed by atoms with Crippen LogP contribution < -0.4 is 0 Å². The topological polar surface area (TPSA) is 52.6 Å². The molecule has 0 heterocycles. The number of esters is 2. The minimum Gasteiger partial charge on any atom is -0.458 e. The summed E-state index contributed by atoms with van der Waals surface area (Å²) in [6.07, 6.45) is 0.755. The van der Waals surface area contributed by atoms with Crippen LogP contribution in [-0.2, 0) is 19.1 Å².